The molecular weight excluding hydrogens is 1010 g/mol. The minimum Gasteiger partial charge on any atom is -0.466 e. The average molecular weight is 1060 g/mol. The highest BCUT2D eigenvalue weighted by molar-refractivity contribution is 6.21. The van der Waals surface area contributed by atoms with Crippen LogP contribution in [0.15, 0.2) is 290 Å². The molecule has 0 radical (unpaired) electrons. The highest BCUT2D eigenvalue weighted by atomic mass is 16.3. The molecule has 6 heteroatoms. The summed E-state index contributed by atoms with van der Waals surface area (Å²) in [7, 11) is 0. The van der Waals surface area contributed by atoms with Crippen LogP contribution in [-0.4, -0.2) is 19.1 Å². The first-order valence-electron chi connectivity index (χ1n) is 27.9. The maximum absolute atomic E-state index is 9.36. The van der Waals surface area contributed by atoms with E-state index >= 15 is 0 Å². The van der Waals surface area contributed by atoms with Gasteiger partial charge in [-0.25, -0.2) is 14.8 Å². The van der Waals surface area contributed by atoms with E-state index in [-0.39, 0.29) is 0 Å². The average Bonchev–Trinajstić information content (AvgIpc) is 2.16. The zero-order valence-corrected chi connectivity index (χ0v) is 44.8. The first kappa shape index (κ1) is 47.6. The molecule has 4 heterocycles. The van der Waals surface area contributed by atoms with Gasteiger partial charge in [0.05, 0.1) is 51.4 Å². The van der Waals surface area contributed by atoms with Crippen molar-refractivity contribution < 1.29 is 4.42 Å². The normalized spacial score (nSPS) is 11.6. The molecule has 0 amide bonds. The molecule has 0 aliphatic heterocycles. The Morgan fingerprint density at radius 2 is 0.687 bits per heavy atom. The molecule has 0 saturated carbocycles. The first-order chi connectivity index (χ1) is 41.1. The lowest BCUT2D eigenvalue weighted by atomic mass is 10.0. The van der Waals surface area contributed by atoms with Crippen molar-refractivity contribution in [1.29, 1.82) is 0 Å². The van der Waals surface area contributed by atoms with E-state index in [2.05, 4.69) is 251 Å². The van der Waals surface area contributed by atoms with Gasteiger partial charge in [0, 0.05) is 49.0 Å². The van der Waals surface area contributed by atoms with Crippen LogP contribution >= 0.6 is 0 Å². The lowest BCUT2D eigenvalue weighted by Crippen LogP contribution is -2.00. The third-order valence-electron chi connectivity index (χ3n) is 16.4. The molecule has 0 aliphatic carbocycles. The minimum absolute atomic E-state index is 0.403. The lowest BCUT2D eigenvalue weighted by molar-refractivity contribution is 0.671. The summed E-state index contributed by atoms with van der Waals surface area (Å²) in [6.07, 6.45) is 0. The molecule has 16 aromatic rings. The van der Waals surface area contributed by atoms with E-state index in [0.29, 0.717) is 34.1 Å². The van der Waals surface area contributed by atoms with Crippen LogP contribution in [0.4, 0.5) is 5.69 Å². The van der Waals surface area contributed by atoms with Crippen molar-refractivity contribution in [2.24, 2.45) is 0 Å². The fourth-order valence-corrected chi connectivity index (χ4v) is 12.4. The largest absolute Gasteiger partial charge is 0.466 e. The Labute approximate surface area is 478 Å². The number of furan rings is 1. The van der Waals surface area contributed by atoms with E-state index in [1.54, 1.807) is 0 Å². The van der Waals surface area contributed by atoms with E-state index in [4.69, 9.17) is 14.4 Å². The maximum atomic E-state index is 9.36. The molecule has 6 nitrogen and oxygen atoms in total. The fourth-order valence-electron chi connectivity index (χ4n) is 12.4. The van der Waals surface area contributed by atoms with Crippen molar-refractivity contribution in [2.75, 3.05) is 0 Å². The SMILES string of the molecule is [C-]#[N+]c1c(-n2c3ccc(-c4ccccc4)cc3c3cc(-c4ccccc4)ccc32)cc(-n2c3ccc(-c4ccccc4)cc3c3cc(-c4ccccc4)ccc32)c2c1oc1c(-c3cc(-c4ccccc4)nc(-c4ccccc4)n3)cccc12. The topological polar surface area (TPSA) is 53.1 Å². The smallest absolute Gasteiger partial charge is 0.252 e. The number of para-hydroxylation sites is 1. The number of hydrogen-bond acceptors (Lipinski definition) is 3. The van der Waals surface area contributed by atoms with Crippen LogP contribution in [0, 0.1) is 6.57 Å². The highest BCUT2D eigenvalue weighted by Crippen LogP contribution is 2.50. The second-order valence-electron chi connectivity index (χ2n) is 21.1. The van der Waals surface area contributed by atoms with E-state index in [1.807, 2.05) is 48.5 Å². The monoisotopic (exact) mass is 1060 g/mol. The second kappa shape index (κ2) is 19.5. The van der Waals surface area contributed by atoms with Crippen LogP contribution in [-0.2, 0) is 0 Å². The molecule has 0 atom stereocenters. The number of nitrogens with zero attached hydrogens (tertiary/aromatic N) is 5. The number of rotatable bonds is 9. The fraction of sp³-hybridized carbons (Fsp3) is 0. The lowest BCUT2D eigenvalue weighted by Gasteiger charge is -2.17. The van der Waals surface area contributed by atoms with Crippen molar-refractivity contribution in [3.8, 4) is 89.8 Å². The van der Waals surface area contributed by atoms with Gasteiger partial charge in [0.15, 0.2) is 5.82 Å². The van der Waals surface area contributed by atoms with E-state index < -0.39 is 0 Å². The van der Waals surface area contributed by atoms with Crippen molar-refractivity contribution in [2.45, 2.75) is 0 Å². The van der Waals surface area contributed by atoms with Crippen LogP contribution in [0.1, 0.15) is 0 Å². The van der Waals surface area contributed by atoms with Gasteiger partial charge in [-0.05, 0) is 111 Å². The molecule has 0 aliphatic rings. The Hall–Kier alpha value is -11.4. The van der Waals surface area contributed by atoms with Crippen LogP contribution < -0.4 is 0 Å². The van der Waals surface area contributed by atoms with E-state index in [1.165, 1.54) is 0 Å². The number of hydrogen-bond donors (Lipinski definition) is 0. The Bertz CT molecular complexity index is 4980. The summed E-state index contributed by atoms with van der Waals surface area (Å²) in [6, 6.07) is 100. The van der Waals surface area contributed by atoms with Gasteiger partial charge in [-0.1, -0.05) is 218 Å². The second-order valence-corrected chi connectivity index (χ2v) is 21.1. The zero-order valence-electron chi connectivity index (χ0n) is 44.8. The van der Waals surface area contributed by atoms with Gasteiger partial charge in [0.1, 0.15) is 11.2 Å². The molecule has 12 aromatic carbocycles. The van der Waals surface area contributed by atoms with Crippen LogP contribution in [0.25, 0.3) is 160 Å². The standard InChI is InChI=1S/C77H47N5O/c1-78-74-72(82-69-41-37-57(51-25-12-4-13-26-51)45-63(69)64-46-58(38-42-70(64)82)52-27-14-5-15-28-52)48-71(81-67-39-35-55(49-21-8-2-9-22-49)43-61(67)62-44-56(36-40-68(62)81)50-23-10-3-11-24-50)73-60-34-20-33-59(75(60)83-76(73)74)66-47-65(53-29-16-6-17-30-53)79-77(80-66)54-31-18-7-19-32-54/h2-48H. The minimum atomic E-state index is 0.403. The number of aromatic nitrogens is 4. The van der Waals surface area contributed by atoms with Crippen LogP contribution in [0.3, 0.4) is 0 Å². The molecule has 0 unspecified atom stereocenters. The molecule has 0 fully saturated rings. The molecule has 16 rings (SSSR count). The van der Waals surface area contributed by atoms with Crippen molar-refractivity contribution in [3.63, 3.8) is 0 Å². The number of fused-ring (bicyclic) bond motifs is 9. The summed E-state index contributed by atoms with van der Waals surface area (Å²) in [6.45, 7) is 9.36. The van der Waals surface area contributed by atoms with Crippen molar-refractivity contribution in [1.82, 2.24) is 19.1 Å². The van der Waals surface area contributed by atoms with Crippen molar-refractivity contribution in [3.05, 3.63) is 297 Å². The van der Waals surface area contributed by atoms with Gasteiger partial charge in [-0.15, -0.1) is 0 Å². The van der Waals surface area contributed by atoms with Gasteiger partial charge in [0.2, 0.25) is 0 Å². The Balaban J connectivity index is 1.04. The molecule has 0 spiro atoms. The van der Waals surface area contributed by atoms with Gasteiger partial charge >= 0.3 is 0 Å². The summed E-state index contributed by atoms with van der Waals surface area (Å²) in [4.78, 5) is 15.0. The summed E-state index contributed by atoms with van der Waals surface area (Å²) in [5, 5.41) is 6.07. The molecule has 0 N–H and O–H groups in total. The molecule has 0 bridgehead atoms. The Kier molecular flexibility index (Phi) is 11.2. The summed E-state index contributed by atoms with van der Waals surface area (Å²) in [5.41, 5.74) is 20.3. The van der Waals surface area contributed by atoms with Gasteiger partial charge in [0.25, 0.3) is 5.69 Å². The molecular formula is C77H47N5O. The van der Waals surface area contributed by atoms with Crippen molar-refractivity contribution >= 4 is 71.2 Å². The first-order valence-corrected chi connectivity index (χ1v) is 27.9. The van der Waals surface area contributed by atoms with Crippen LogP contribution in [0.5, 0.6) is 0 Å². The molecule has 4 aromatic heterocycles. The zero-order chi connectivity index (χ0) is 55.0. The van der Waals surface area contributed by atoms with Gasteiger partial charge in [-0.3, -0.25) is 0 Å². The predicted molar refractivity (Wildman–Crippen MR) is 342 cm³/mol. The Morgan fingerprint density at radius 3 is 1.11 bits per heavy atom. The Morgan fingerprint density at radius 1 is 0.301 bits per heavy atom. The highest BCUT2D eigenvalue weighted by Gasteiger charge is 2.28. The summed E-state index contributed by atoms with van der Waals surface area (Å²) >= 11 is 0. The predicted octanol–water partition coefficient (Wildman–Crippen LogP) is 20.8. The van der Waals surface area contributed by atoms with E-state index in [0.717, 1.165) is 127 Å². The van der Waals surface area contributed by atoms with Gasteiger partial charge in [-0.2, -0.15) is 0 Å². The van der Waals surface area contributed by atoms with E-state index in [9.17, 15) is 6.57 Å². The summed E-state index contributed by atoms with van der Waals surface area (Å²) < 4.78 is 12.2. The third kappa shape index (κ3) is 7.94. The molecule has 83 heavy (non-hydrogen) atoms. The molecule has 386 valence electrons. The van der Waals surface area contributed by atoms with Gasteiger partial charge < -0.3 is 13.6 Å². The third-order valence-corrected chi connectivity index (χ3v) is 16.4. The maximum Gasteiger partial charge on any atom is 0.252 e. The van der Waals surface area contributed by atoms with Crippen LogP contribution in [0.2, 0.25) is 0 Å². The quantitative estimate of drug-likeness (QED) is 0.135. The number of benzene rings is 12. The molecule has 0 saturated heterocycles. The summed E-state index contributed by atoms with van der Waals surface area (Å²) in [5.74, 6) is 0.604.